The molecule has 0 aliphatic carbocycles. The van der Waals surface area contributed by atoms with Crippen LogP contribution in [0.3, 0.4) is 0 Å². The SMILES string of the molecule is CCN(C)CCNC(C)CC1COCCN1. The summed E-state index contributed by atoms with van der Waals surface area (Å²) >= 11 is 0. The Labute approximate surface area is 99.7 Å². The maximum absolute atomic E-state index is 5.44. The van der Waals surface area contributed by atoms with Crippen LogP contribution in [-0.2, 0) is 4.74 Å². The van der Waals surface area contributed by atoms with Gasteiger partial charge in [0, 0.05) is 31.7 Å². The molecule has 0 aromatic heterocycles. The summed E-state index contributed by atoms with van der Waals surface area (Å²) in [6, 6.07) is 1.09. The van der Waals surface area contributed by atoms with Gasteiger partial charge in [0.25, 0.3) is 0 Å². The minimum absolute atomic E-state index is 0.528. The summed E-state index contributed by atoms with van der Waals surface area (Å²) in [6.45, 7) is 10.5. The molecule has 1 heterocycles. The lowest BCUT2D eigenvalue weighted by Crippen LogP contribution is -2.45. The Balaban J connectivity index is 2.03. The zero-order valence-electron chi connectivity index (χ0n) is 11.0. The lowest BCUT2D eigenvalue weighted by atomic mass is 10.1. The maximum atomic E-state index is 5.44. The van der Waals surface area contributed by atoms with E-state index in [9.17, 15) is 0 Å². The Morgan fingerprint density at radius 1 is 1.56 bits per heavy atom. The number of nitrogens with one attached hydrogen (secondary N) is 2. The molecule has 0 amide bonds. The zero-order chi connectivity index (χ0) is 11.8. The molecule has 4 heteroatoms. The van der Waals surface area contributed by atoms with Crippen LogP contribution in [0.15, 0.2) is 0 Å². The molecule has 96 valence electrons. The molecule has 2 unspecified atom stereocenters. The lowest BCUT2D eigenvalue weighted by Gasteiger charge is -2.27. The monoisotopic (exact) mass is 229 g/mol. The molecule has 0 bridgehead atoms. The van der Waals surface area contributed by atoms with Crippen LogP contribution in [-0.4, -0.2) is 63.4 Å². The molecule has 0 aromatic carbocycles. The maximum Gasteiger partial charge on any atom is 0.0620 e. The number of nitrogens with zero attached hydrogens (tertiary/aromatic N) is 1. The Morgan fingerprint density at radius 3 is 3.00 bits per heavy atom. The highest BCUT2D eigenvalue weighted by molar-refractivity contribution is 4.75. The molecule has 1 aliphatic heterocycles. The largest absolute Gasteiger partial charge is 0.379 e. The Morgan fingerprint density at radius 2 is 2.38 bits per heavy atom. The molecular formula is C12H27N3O. The van der Waals surface area contributed by atoms with Crippen LogP contribution in [0.25, 0.3) is 0 Å². The standard InChI is InChI=1S/C12H27N3O/c1-4-15(3)7-5-13-11(2)9-12-10-16-8-6-14-12/h11-14H,4-10H2,1-3H3. The van der Waals surface area contributed by atoms with E-state index >= 15 is 0 Å². The van der Waals surface area contributed by atoms with Crippen molar-refractivity contribution >= 4 is 0 Å². The predicted octanol–water partition coefficient (Wildman–Crippen LogP) is 0.295. The van der Waals surface area contributed by atoms with Gasteiger partial charge in [-0.2, -0.15) is 0 Å². The van der Waals surface area contributed by atoms with Gasteiger partial charge in [0.1, 0.15) is 0 Å². The van der Waals surface area contributed by atoms with E-state index in [-0.39, 0.29) is 0 Å². The van der Waals surface area contributed by atoms with Gasteiger partial charge in [0.05, 0.1) is 13.2 Å². The molecule has 0 radical (unpaired) electrons. The third kappa shape index (κ3) is 5.80. The van der Waals surface area contributed by atoms with Crippen molar-refractivity contribution in [2.75, 3.05) is 46.4 Å². The minimum atomic E-state index is 0.528. The fourth-order valence-electron chi connectivity index (χ4n) is 1.94. The van der Waals surface area contributed by atoms with Crippen molar-refractivity contribution in [2.45, 2.75) is 32.4 Å². The van der Waals surface area contributed by atoms with Crippen LogP contribution in [0, 0.1) is 0 Å². The number of hydrogen-bond acceptors (Lipinski definition) is 4. The van der Waals surface area contributed by atoms with Crippen LogP contribution in [0.4, 0.5) is 0 Å². The quantitative estimate of drug-likeness (QED) is 0.658. The van der Waals surface area contributed by atoms with E-state index < -0.39 is 0 Å². The Bertz CT molecular complexity index is 172. The summed E-state index contributed by atoms with van der Waals surface area (Å²) in [5, 5.41) is 7.04. The Kier molecular flexibility index (Phi) is 6.96. The third-order valence-corrected chi connectivity index (χ3v) is 3.16. The summed E-state index contributed by atoms with van der Waals surface area (Å²) < 4.78 is 5.44. The molecule has 0 spiro atoms. The second-order valence-electron chi connectivity index (χ2n) is 4.71. The van der Waals surface area contributed by atoms with Crippen molar-refractivity contribution < 1.29 is 4.74 Å². The van der Waals surface area contributed by atoms with E-state index in [4.69, 9.17) is 4.74 Å². The summed E-state index contributed by atoms with van der Waals surface area (Å²) in [5.74, 6) is 0. The van der Waals surface area contributed by atoms with E-state index in [0.717, 1.165) is 45.8 Å². The molecular weight excluding hydrogens is 202 g/mol. The number of morpholine rings is 1. The summed E-state index contributed by atoms with van der Waals surface area (Å²) in [7, 11) is 2.16. The van der Waals surface area contributed by atoms with Crippen LogP contribution in [0.1, 0.15) is 20.3 Å². The van der Waals surface area contributed by atoms with Crippen molar-refractivity contribution in [3.8, 4) is 0 Å². The molecule has 16 heavy (non-hydrogen) atoms. The number of rotatable bonds is 7. The normalized spacial score (nSPS) is 23.6. The molecule has 1 fully saturated rings. The van der Waals surface area contributed by atoms with Crippen molar-refractivity contribution in [2.24, 2.45) is 0 Å². The molecule has 4 nitrogen and oxygen atoms in total. The average molecular weight is 229 g/mol. The van der Waals surface area contributed by atoms with Gasteiger partial charge in [-0.15, -0.1) is 0 Å². The van der Waals surface area contributed by atoms with Gasteiger partial charge >= 0.3 is 0 Å². The highest BCUT2D eigenvalue weighted by Gasteiger charge is 2.15. The predicted molar refractivity (Wildman–Crippen MR) is 67.9 cm³/mol. The van der Waals surface area contributed by atoms with Gasteiger partial charge in [0.15, 0.2) is 0 Å². The highest BCUT2D eigenvalue weighted by atomic mass is 16.5. The van der Waals surface area contributed by atoms with E-state index in [1.807, 2.05) is 0 Å². The molecule has 1 rings (SSSR count). The first-order valence-electron chi connectivity index (χ1n) is 6.45. The molecule has 2 atom stereocenters. The minimum Gasteiger partial charge on any atom is -0.379 e. The highest BCUT2D eigenvalue weighted by Crippen LogP contribution is 2.02. The molecule has 1 aliphatic rings. The topological polar surface area (TPSA) is 36.5 Å². The first kappa shape index (κ1) is 13.9. The lowest BCUT2D eigenvalue weighted by molar-refractivity contribution is 0.0712. The van der Waals surface area contributed by atoms with Crippen LogP contribution >= 0.6 is 0 Å². The van der Waals surface area contributed by atoms with Crippen molar-refractivity contribution in [1.82, 2.24) is 15.5 Å². The third-order valence-electron chi connectivity index (χ3n) is 3.16. The van der Waals surface area contributed by atoms with Gasteiger partial charge in [-0.25, -0.2) is 0 Å². The second-order valence-corrected chi connectivity index (χ2v) is 4.71. The van der Waals surface area contributed by atoms with Gasteiger partial charge < -0.3 is 20.3 Å². The number of likely N-dealkylation sites (N-methyl/N-ethyl adjacent to an activating group) is 1. The first-order chi connectivity index (χ1) is 7.72. The Hall–Kier alpha value is -0.160. The van der Waals surface area contributed by atoms with E-state index in [0.29, 0.717) is 12.1 Å². The fourth-order valence-corrected chi connectivity index (χ4v) is 1.94. The van der Waals surface area contributed by atoms with Gasteiger partial charge in [-0.05, 0) is 26.9 Å². The van der Waals surface area contributed by atoms with Crippen LogP contribution < -0.4 is 10.6 Å². The molecule has 0 saturated carbocycles. The van der Waals surface area contributed by atoms with Crippen molar-refractivity contribution in [3.63, 3.8) is 0 Å². The van der Waals surface area contributed by atoms with Gasteiger partial charge in [-0.3, -0.25) is 0 Å². The average Bonchev–Trinajstić information content (AvgIpc) is 2.30. The van der Waals surface area contributed by atoms with Gasteiger partial charge in [-0.1, -0.05) is 6.92 Å². The van der Waals surface area contributed by atoms with E-state index in [2.05, 4.69) is 36.4 Å². The summed E-state index contributed by atoms with van der Waals surface area (Å²) in [5.41, 5.74) is 0. The molecule has 2 N–H and O–H groups in total. The number of ether oxygens (including phenoxy) is 1. The van der Waals surface area contributed by atoms with Crippen LogP contribution in [0.5, 0.6) is 0 Å². The van der Waals surface area contributed by atoms with E-state index in [1.165, 1.54) is 0 Å². The molecule has 0 aromatic rings. The molecule has 1 saturated heterocycles. The smallest absolute Gasteiger partial charge is 0.0620 e. The number of hydrogen-bond donors (Lipinski definition) is 2. The van der Waals surface area contributed by atoms with Crippen molar-refractivity contribution in [1.29, 1.82) is 0 Å². The van der Waals surface area contributed by atoms with Crippen LogP contribution in [0.2, 0.25) is 0 Å². The zero-order valence-corrected chi connectivity index (χ0v) is 11.0. The first-order valence-corrected chi connectivity index (χ1v) is 6.45. The van der Waals surface area contributed by atoms with Gasteiger partial charge in [0.2, 0.25) is 0 Å². The summed E-state index contributed by atoms with van der Waals surface area (Å²) in [4.78, 5) is 2.32. The fraction of sp³-hybridized carbons (Fsp3) is 1.00. The van der Waals surface area contributed by atoms with Crippen molar-refractivity contribution in [3.05, 3.63) is 0 Å². The van der Waals surface area contributed by atoms with E-state index in [1.54, 1.807) is 0 Å². The summed E-state index contributed by atoms with van der Waals surface area (Å²) in [6.07, 6.45) is 1.15. The second kappa shape index (κ2) is 8.01.